The molecule has 0 aliphatic rings. The third-order valence-corrected chi connectivity index (χ3v) is 4.75. The van der Waals surface area contributed by atoms with E-state index in [-0.39, 0.29) is 5.91 Å². The Hall–Kier alpha value is -3.11. The van der Waals surface area contributed by atoms with Crippen LogP contribution in [0.25, 0.3) is 11.1 Å². The number of carbonyl (C=O) groups is 1. The van der Waals surface area contributed by atoms with Crippen molar-refractivity contribution in [1.29, 1.82) is 0 Å². The van der Waals surface area contributed by atoms with Crippen LogP contribution in [-0.2, 0) is 6.42 Å². The van der Waals surface area contributed by atoms with Crippen LogP contribution < -0.4 is 5.32 Å². The number of oxazole rings is 1. The number of amides is 1. The van der Waals surface area contributed by atoms with Crippen LogP contribution >= 0.6 is 11.6 Å². The highest BCUT2D eigenvalue weighted by molar-refractivity contribution is 6.31. The van der Waals surface area contributed by atoms with Crippen molar-refractivity contribution in [3.63, 3.8) is 0 Å². The van der Waals surface area contributed by atoms with E-state index in [9.17, 15) is 4.79 Å². The summed E-state index contributed by atoms with van der Waals surface area (Å²) < 4.78 is 5.93. The number of carbonyl (C=O) groups excluding carboxylic acids is 1. The topological polar surface area (TPSA) is 55.1 Å². The monoisotopic (exact) mass is 390 g/mol. The molecule has 0 saturated heterocycles. The van der Waals surface area contributed by atoms with Gasteiger partial charge in [-0.05, 0) is 66.9 Å². The van der Waals surface area contributed by atoms with Gasteiger partial charge in [-0.15, -0.1) is 0 Å². The molecule has 0 unspecified atom stereocenters. The minimum atomic E-state index is -0.194. The molecule has 4 rings (SSSR count). The third kappa shape index (κ3) is 3.92. The van der Waals surface area contributed by atoms with Crippen molar-refractivity contribution in [3.05, 3.63) is 93.8 Å². The molecule has 1 heterocycles. The van der Waals surface area contributed by atoms with E-state index in [0.717, 1.165) is 27.9 Å². The molecule has 0 radical (unpaired) electrons. The quantitative estimate of drug-likeness (QED) is 0.469. The van der Waals surface area contributed by atoms with E-state index in [2.05, 4.69) is 23.3 Å². The van der Waals surface area contributed by atoms with Crippen molar-refractivity contribution in [1.82, 2.24) is 4.98 Å². The molecule has 0 spiro atoms. The Labute approximate surface area is 168 Å². The summed E-state index contributed by atoms with van der Waals surface area (Å²) >= 11 is 5.94. The zero-order valence-electron chi connectivity index (χ0n) is 15.6. The highest BCUT2D eigenvalue weighted by Gasteiger charge is 2.10. The van der Waals surface area contributed by atoms with Gasteiger partial charge in [0, 0.05) is 22.7 Å². The van der Waals surface area contributed by atoms with E-state index in [4.69, 9.17) is 16.0 Å². The van der Waals surface area contributed by atoms with Crippen LogP contribution in [0.4, 0.5) is 5.69 Å². The minimum Gasteiger partial charge on any atom is -0.440 e. The van der Waals surface area contributed by atoms with Gasteiger partial charge >= 0.3 is 0 Å². The lowest BCUT2D eigenvalue weighted by Crippen LogP contribution is -2.11. The summed E-state index contributed by atoms with van der Waals surface area (Å²) in [6.07, 6.45) is 0.593. The Morgan fingerprint density at radius 3 is 2.61 bits per heavy atom. The standard InChI is InChI=1S/C23H19ClN2O2/c1-14-10-15(2)22-20(11-14)26-21(28-22)12-16-6-8-19(9-7-16)25-23(27)17-4-3-5-18(24)13-17/h3-11,13H,12H2,1-2H3,(H,25,27). The first kappa shape index (κ1) is 18.3. The number of hydrogen-bond donors (Lipinski definition) is 1. The maximum Gasteiger partial charge on any atom is 0.255 e. The molecule has 5 heteroatoms. The molecule has 0 aliphatic carbocycles. The van der Waals surface area contributed by atoms with Crippen LogP contribution in [-0.4, -0.2) is 10.9 Å². The Morgan fingerprint density at radius 1 is 1.07 bits per heavy atom. The molecule has 0 aliphatic heterocycles. The smallest absolute Gasteiger partial charge is 0.255 e. The first-order valence-electron chi connectivity index (χ1n) is 9.00. The van der Waals surface area contributed by atoms with Crippen molar-refractivity contribution in [3.8, 4) is 0 Å². The molecular weight excluding hydrogens is 372 g/mol. The summed E-state index contributed by atoms with van der Waals surface area (Å²) in [5, 5.41) is 3.41. The van der Waals surface area contributed by atoms with Crippen molar-refractivity contribution < 1.29 is 9.21 Å². The molecule has 1 amide bonds. The summed E-state index contributed by atoms with van der Waals surface area (Å²) in [5.74, 6) is 0.486. The van der Waals surface area contributed by atoms with Crippen molar-refractivity contribution in [2.75, 3.05) is 5.32 Å². The summed E-state index contributed by atoms with van der Waals surface area (Å²) in [5.41, 5.74) is 6.29. The molecule has 0 saturated carbocycles. The summed E-state index contributed by atoms with van der Waals surface area (Å²) in [7, 11) is 0. The first-order valence-corrected chi connectivity index (χ1v) is 9.38. The first-order chi connectivity index (χ1) is 13.5. The van der Waals surface area contributed by atoms with Gasteiger partial charge in [-0.3, -0.25) is 4.79 Å². The van der Waals surface area contributed by atoms with Gasteiger partial charge in [0.1, 0.15) is 5.52 Å². The fourth-order valence-electron chi connectivity index (χ4n) is 3.21. The Bertz CT molecular complexity index is 1160. The number of anilines is 1. The van der Waals surface area contributed by atoms with Crippen LogP contribution in [0.5, 0.6) is 0 Å². The van der Waals surface area contributed by atoms with Gasteiger partial charge < -0.3 is 9.73 Å². The van der Waals surface area contributed by atoms with Crippen LogP contribution in [0.1, 0.15) is 32.9 Å². The number of fused-ring (bicyclic) bond motifs is 1. The molecular formula is C23H19ClN2O2. The van der Waals surface area contributed by atoms with Crippen LogP contribution in [0.3, 0.4) is 0 Å². The van der Waals surface area contributed by atoms with Gasteiger partial charge in [0.2, 0.25) is 0 Å². The van der Waals surface area contributed by atoms with Crippen LogP contribution in [0.2, 0.25) is 5.02 Å². The largest absolute Gasteiger partial charge is 0.440 e. The van der Waals surface area contributed by atoms with Gasteiger partial charge in [0.25, 0.3) is 5.91 Å². The number of nitrogens with one attached hydrogen (secondary N) is 1. The molecule has 28 heavy (non-hydrogen) atoms. The summed E-state index contributed by atoms with van der Waals surface area (Å²) in [6, 6.07) is 18.6. The predicted molar refractivity (Wildman–Crippen MR) is 112 cm³/mol. The van der Waals surface area contributed by atoms with E-state index in [1.165, 1.54) is 5.56 Å². The van der Waals surface area contributed by atoms with Crippen LogP contribution in [0, 0.1) is 13.8 Å². The molecule has 0 bridgehead atoms. The highest BCUT2D eigenvalue weighted by Crippen LogP contribution is 2.23. The van der Waals surface area contributed by atoms with E-state index in [0.29, 0.717) is 22.9 Å². The van der Waals surface area contributed by atoms with Crippen molar-refractivity contribution >= 4 is 34.3 Å². The molecule has 1 N–H and O–H groups in total. The second-order valence-electron chi connectivity index (χ2n) is 6.88. The zero-order chi connectivity index (χ0) is 19.7. The average molecular weight is 391 g/mol. The lowest BCUT2D eigenvalue weighted by Gasteiger charge is -2.06. The second kappa shape index (κ2) is 7.49. The molecule has 0 fully saturated rings. The average Bonchev–Trinajstić information content (AvgIpc) is 3.06. The SMILES string of the molecule is Cc1cc(C)c2oc(Cc3ccc(NC(=O)c4cccc(Cl)c4)cc3)nc2c1. The van der Waals surface area contributed by atoms with Gasteiger partial charge in [-0.1, -0.05) is 35.9 Å². The molecule has 3 aromatic carbocycles. The van der Waals surface area contributed by atoms with E-state index in [1.54, 1.807) is 24.3 Å². The van der Waals surface area contributed by atoms with Gasteiger partial charge in [0.05, 0.1) is 0 Å². The maximum atomic E-state index is 12.3. The number of rotatable bonds is 4. The Balaban J connectivity index is 1.47. The second-order valence-corrected chi connectivity index (χ2v) is 7.31. The highest BCUT2D eigenvalue weighted by atomic mass is 35.5. The fraction of sp³-hybridized carbons (Fsp3) is 0.130. The Morgan fingerprint density at radius 2 is 1.86 bits per heavy atom. The lowest BCUT2D eigenvalue weighted by atomic mass is 10.1. The zero-order valence-corrected chi connectivity index (χ0v) is 16.4. The maximum absolute atomic E-state index is 12.3. The van der Waals surface area contributed by atoms with Crippen LogP contribution in [0.15, 0.2) is 65.1 Å². The fourth-order valence-corrected chi connectivity index (χ4v) is 3.40. The molecule has 4 nitrogen and oxygen atoms in total. The van der Waals surface area contributed by atoms with Gasteiger partial charge in [-0.2, -0.15) is 0 Å². The Kier molecular flexibility index (Phi) is 4.88. The number of benzene rings is 3. The molecule has 4 aromatic rings. The number of aryl methyl sites for hydroxylation is 2. The van der Waals surface area contributed by atoms with Crippen molar-refractivity contribution in [2.45, 2.75) is 20.3 Å². The predicted octanol–water partition coefficient (Wildman–Crippen LogP) is 5.94. The number of halogens is 1. The minimum absolute atomic E-state index is 0.194. The third-order valence-electron chi connectivity index (χ3n) is 4.52. The van der Waals surface area contributed by atoms with Gasteiger partial charge in [-0.25, -0.2) is 4.98 Å². The summed E-state index contributed by atoms with van der Waals surface area (Å²) in [4.78, 5) is 16.9. The van der Waals surface area contributed by atoms with E-state index < -0.39 is 0 Å². The van der Waals surface area contributed by atoms with Crippen molar-refractivity contribution in [2.24, 2.45) is 0 Å². The normalized spacial score (nSPS) is 11.0. The number of nitrogens with zero attached hydrogens (tertiary/aromatic N) is 1. The van der Waals surface area contributed by atoms with E-state index >= 15 is 0 Å². The van der Waals surface area contributed by atoms with Gasteiger partial charge in [0.15, 0.2) is 11.5 Å². The molecule has 140 valence electrons. The molecule has 0 atom stereocenters. The van der Waals surface area contributed by atoms with E-state index in [1.807, 2.05) is 37.3 Å². The molecule has 1 aromatic heterocycles. The lowest BCUT2D eigenvalue weighted by molar-refractivity contribution is 0.102. The summed E-state index contributed by atoms with van der Waals surface area (Å²) in [6.45, 7) is 4.08. The number of aromatic nitrogens is 1. The number of hydrogen-bond acceptors (Lipinski definition) is 3.